The van der Waals surface area contributed by atoms with Crippen molar-refractivity contribution in [2.75, 3.05) is 12.0 Å². The molecule has 0 N–H and O–H groups in total. The minimum atomic E-state index is -0.461. The number of hydrogen-bond acceptors (Lipinski definition) is 2. The highest BCUT2D eigenvalue weighted by Gasteiger charge is 2.22. The van der Waals surface area contributed by atoms with Gasteiger partial charge in [0.15, 0.2) is 0 Å². The van der Waals surface area contributed by atoms with Crippen molar-refractivity contribution in [2.45, 2.75) is 0 Å². The zero-order valence-electron chi connectivity index (χ0n) is 13.1. The molecule has 0 aliphatic heterocycles. The average molecular weight is 321 g/mol. The van der Waals surface area contributed by atoms with Gasteiger partial charge in [0.2, 0.25) is 0 Å². The Hall–Kier alpha value is -3.14. The number of carbonyl (C=O) groups is 1. The van der Waals surface area contributed by atoms with Gasteiger partial charge in [-0.25, -0.2) is 4.39 Å². The quantitative estimate of drug-likeness (QED) is 0.690. The Morgan fingerprint density at radius 1 is 0.875 bits per heavy atom. The zero-order chi connectivity index (χ0) is 16.9. The summed E-state index contributed by atoms with van der Waals surface area (Å²) >= 11 is 0. The summed E-state index contributed by atoms with van der Waals surface area (Å²) in [7, 11) is 1.57. The van der Waals surface area contributed by atoms with Crippen LogP contribution >= 0.6 is 0 Å². The second-order valence-electron chi connectivity index (χ2n) is 5.16. The molecule has 0 radical (unpaired) electrons. The van der Waals surface area contributed by atoms with Crippen LogP contribution in [0.15, 0.2) is 78.9 Å². The van der Waals surface area contributed by atoms with Crippen LogP contribution in [0.5, 0.6) is 5.75 Å². The van der Waals surface area contributed by atoms with Gasteiger partial charge in [0.05, 0.1) is 12.8 Å². The van der Waals surface area contributed by atoms with E-state index in [0.29, 0.717) is 17.0 Å². The number of rotatable bonds is 4. The maximum absolute atomic E-state index is 14.3. The molecule has 0 aliphatic rings. The maximum Gasteiger partial charge on any atom is 0.262 e. The lowest BCUT2D eigenvalue weighted by Crippen LogP contribution is -2.26. The van der Waals surface area contributed by atoms with Crippen molar-refractivity contribution < 1.29 is 13.9 Å². The summed E-state index contributed by atoms with van der Waals surface area (Å²) in [6.07, 6.45) is 0. The van der Waals surface area contributed by atoms with Crippen molar-refractivity contribution in [1.29, 1.82) is 0 Å². The molecule has 3 nitrogen and oxygen atoms in total. The standard InChI is InChI=1S/C20H16FNO2/c1-24-17-13-11-16(12-14-17)22(19-10-6-5-9-18(19)21)20(23)15-7-3-2-4-8-15/h2-14H,1H3. The summed E-state index contributed by atoms with van der Waals surface area (Å²) in [5.74, 6) is -0.0946. The summed E-state index contributed by atoms with van der Waals surface area (Å²) in [5.41, 5.74) is 1.25. The number of methoxy groups -OCH3 is 1. The Balaban J connectivity index is 2.10. The van der Waals surface area contributed by atoms with Gasteiger partial charge in [0.25, 0.3) is 5.91 Å². The van der Waals surface area contributed by atoms with Gasteiger partial charge >= 0.3 is 0 Å². The zero-order valence-corrected chi connectivity index (χ0v) is 13.1. The molecule has 0 saturated carbocycles. The number of para-hydroxylation sites is 1. The van der Waals surface area contributed by atoms with Crippen LogP contribution in [0.1, 0.15) is 10.4 Å². The summed E-state index contributed by atoms with van der Waals surface area (Å²) in [5, 5.41) is 0. The molecule has 3 aromatic rings. The molecule has 4 heteroatoms. The van der Waals surface area contributed by atoms with E-state index in [2.05, 4.69) is 0 Å². The van der Waals surface area contributed by atoms with E-state index >= 15 is 0 Å². The molecule has 24 heavy (non-hydrogen) atoms. The topological polar surface area (TPSA) is 29.5 Å². The van der Waals surface area contributed by atoms with E-state index in [-0.39, 0.29) is 11.6 Å². The molecule has 0 fully saturated rings. The smallest absolute Gasteiger partial charge is 0.262 e. The van der Waals surface area contributed by atoms with Gasteiger partial charge in [-0.2, -0.15) is 0 Å². The van der Waals surface area contributed by atoms with Crippen LogP contribution in [0, 0.1) is 5.82 Å². The molecule has 0 saturated heterocycles. The predicted octanol–water partition coefficient (Wildman–Crippen LogP) is 4.81. The molecule has 1 amide bonds. The van der Waals surface area contributed by atoms with E-state index in [4.69, 9.17) is 4.74 Å². The van der Waals surface area contributed by atoms with E-state index in [0.717, 1.165) is 0 Å². The molecule has 120 valence electrons. The first-order valence-electron chi connectivity index (χ1n) is 7.49. The van der Waals surface area contributed by atoms with Crippen LogP contribution in [-0.4, -0.2) is 13.0 Å². The molecule has 0 unspecified atom stereocenters. The second-order valence-corrected chi connectivity index (χ2v) is 5.16. The molecular weight excluding hydrogens is 305 g/mol. The van der Waals surface area contributed by atoms with Gasteiger partial charge in [-0.15, -0.1) is 0 Å². The van der Waals surface area contributed by atoms with Crippen molar-refractivity contribution in [3.8, 4) is 5.75 Å². The van der Waals surface area contributed by atoms with Crippen molar-refractivity contribution in [2.24, 2.45) is 0 Å². The van der Waals surface area contributed by atoms with Crippen molar-refractivity contribution in [1.82, 2.24) is 0 Å². The Kier molecular flexibility index (Phi) is 4.57. The summed E-state index contributed by atoms with van der Waals surface area (Å²) in [6, 6.07) is 22.0. The van der Waals surface area contributed by atoms with Crippen LogP contribution in [-0.2, 0) is 0 Å². The maximum atomic E-state index is 14.3. The van der Waals surface area contributed by atoms with E-state index < -0.39 is 5.82 Å². The number of amides is 1. The first kappa shape index (κ1) is 15.7. The van der Waals surface area contributed by atoms with Crippen LogP contribution < -0.4 is 9.64 Å². The third-order valence-corrected chi connectivity index (χ3v) is 3.65. The normalized spacial score (nSPS) is 10.2. The summed E-state index contributed by atoms with van der Waals surface area (Å²) < 4.78 is 19.5. The van der Waals surface area contributed by atoms with Gasteiger partial charge < -0.3 is 4.74 Å². The number of halogens is 1. The molecule has 0 atom stereocenters. The highest BCUT2D eigenvalue weighted by atomic mass is 19.1. The lowest BCUT2D eigenvalue weighted by atomic mass is 10.1. The van der Waals surface area contributed by atoms with Crippen LogP contribution in [0.25, 0.3) is 0 Å². The van der Waals surface area contributed by atoms with Gasteiger partial charge in [0, 0.05) is 11.3 Å². The average Bonchev–Trinajstić information content (AvgIpc) is 2.64. The van der Waals surface area contributed by atoms with Gasteiger partial charge in [-0.1, -0.05) is 30.3 Å². The number of nitrogens with zero attached hydrogens (tertiary/aromatic N) is 1. The van der Waals surface area contributed by atoms with Crippen LogP contribution in [0.3, 0.4) is 0 Å². The fourth-order valence-corrected chi connectivity index (χ4v) is 2.44. The minimum Gasteiger partial charge on any atom is -0.497 e. The highest BCUT2D eigenvalue weighted by Crippen LogP contribution is 2.30. The van der Waals surface area contributed by atoms with E-state index in [1.54, 1.807) is 73.8 Å². The number of ether oxygens (including phenoxy) is 1. The SMILES string of the molecule is COc1ccc(N(C(=O)c2ccccc2)c2ccccc2F)cc1. The predicted molar refractivity (Wildman–Crippen MR) is 92.3 cm³/mol. The Bertz CT molecular complexity index is 832. The fourth-order valence-electron chi connectivity index (χ4n) is 2.44. The van der Waals surface area contributed by atoms with Gasteiger partial charge in [-0.05, 0) is 48.5 Å². The molecule has 0 spiro atoms. The van der Waals surface area contributed by atoms with Gasteiger partial charge in [0.1, 0.15) is 11.6 Å². The molecule has 0 bridgehead atoms. The molecular formula is C20H16FNO2. The molecule has 0 heterocycles. The lowest BCUT2D eigenvalue weighted by Gasteiger charge is -2.23. The molecule has 3 rings (SSSR count). The first-order valence-corrected chi connectivity index (χ1v) is 7.49. The van der Waals surface area contributed by atoms with Crippen LogP contribution in [0.2, 0.25) is 0 Å². The fraction of sp³-hybridized carbons (Fsp3) is 0.0500. The van der Waals surface area contributed by atoms with E-state index in [1.807, 2.05) is 6.07 Å². The van der Waals surface area contributed by atoms with Crippen molar-refractivity contribution in [3.05, 3.63) is 90.2 Å². The minimum absolute atomic E-state index is 0.205. The molecule has 3 aromatic carbocycles. The molecule has 0 aliphatic carbocycles. The Morgan fingerprint density at radius 3 is 2.12 bits per heavy atom. The monoisotopic (exact) mass is 321 g/mol. The van der Waals surface area contributed by atoms with Crippen molar-refractivity contribution >= 4 is 17.3 Å². The summed E-state index contributed by atoms with van der Waals surface area (Å²) in [4.78, 5) is 14.3. The van der Waals surface area contributed by atoms with Crippen LogP contribution in [0.4, 0.5) is 15.8 Å². The van der Waals surface area contributed by atoms with Gasteiger partial charge in [-0.3, -0.25) is 9.69 Å². The number of benzene rings is 3. The Labute approximate surface area is 139 Å². The first-order chi connectivity index (χ1) is 11.7. The third kappa shape index (κ3) is 3.13. The number of anilines is 2. The summed E-state index contributed by atoms with van der Waals surface area (Å²) in [6.45, 7) is 0. The Morgan fingerprint density at radius 2 is 1.50 bits per heavy atom. The molecule has 0 aromatic heterocycles. The van der Waals surface area contributed by atoms with Crippen molar-refractivity contribution in [3.63, 3.8) is 0 Å². The van der Waals surface area contributed by atoms with E-state index in [1.165, 1.54) is 11.0 Å². The number of hydrogen-bond donors (Lipinski definition) is 0. The van der Waals surface area contributed by atoms with E-state index in [9.17, 15) is 9.18 Å². The third-order valence-electron chi connectivity index (χ3n) is 3.65. The largest absolute Gasteiger partial charge is 0.497 e. The lowest BCUT2D eigenvalue weighted by molar-refractivity contribution is 0.0998. The highest BCUT2D eigenvalue weighted by molar-refractivity contribution is 6.10. The second kappa shape index (κ2) is 6.96. The number of carbonyl (C=O) groups excluding carboxylic acids is 1.